The average molecular weight is 330 g/mol. The third-order valence-corrected chi connectivity index (χ3v) is 5.92. The maximum atomic E-state index is 6.73. The fourth-order valence-electron chi connectivity index (χ4n) is 4.62. The minimum absolute atomic E-state index is 0.421. The molecule has 0 unspecified atom stereocenters. The summed E-state index contributed by atoms with van der Waals surface area (Å²) in [5.74, 6) is 2.60. The lowest BCUT2D eigenvalue weighted by molar-refractivity contribution is 0.367. The molecule has 0 radical (unpaired) electrons. The summed E-state index contributed by atoms with van der Waals surface area (Å²) < 4.78 is 6.73. The van der Waals surface area contributed by atoms with Crippen LogP contribution >= 0.6 is 0 Å². The van der Waals surface area contributed by atoms with Crippen molar-refractivity contribution >= 4 is 12.7 Å². The zero-order chi connectivity index (χ0) is 16.9. The minimum atomic E-state index is 0.421. The number of rotatable bonds is 5. The first-order chi connectivity index (χ1) is 12.4. The topological polar surface area (TPSA) is 9.23 Å². The van der Waals surface area contributed by atoms with Crippen LogP contribution in [0.1, 0.15) is 49.7 Å². The zero-order valence-electron chi connectivity index (χ0n) is 14.9. The van der Waals surface area contributed by atoms with Crippen molar-refractivity contribution < 1.29 is 4.65 Å². The molecule has 25 heavy (non-hydrogen) atoms. The number of fused-ring (bicyclic) bond motifs is 2. The molecular formula is C23H27BO. The van der Waals surface area contributed by atoms with Crippen molar-refractivity contribution in [3.63, 3.8) is 0 Å². The van der Waals surface area contributed by atoms with E-state index in [-0.39, 0.29) is 0 Å². The Morgan fingerprint density at radius 3 is 2.00 bits per heavy atom. The molecule has 2 heteroatoms. The monoisotopic (exact) mass is 330 g/mol. The standard InChI is InChI=1S/C23H27BO/c1-3-9-19(10-4-1)17-18-23(20-11-5-2-6-12-20)25-24-21-13-7-14-22(24)16-8-15-21/h1-6,9-12,18,21-22H,7-8,13-17H2/b23-18+. The molecule has 0 aliphatic carbocycles. The van der Waals surface area contributed by atoms with Crippen LogP contribution in [0.5, 0.6) is 0 Å². The molecule has 1 nitrogen and oxygen atoms in total. The van der Waals surface area contributed by atoms with E-state index in [2.05, 4.69) is 66.7 Å². The Hall–Kier alpha value is -1.96. The van der Waals surface area contributed by atoms with E-state index in [1.807, 2.05) is 0 Å². The van der Waals surface area contributed by atoms with Crippen LogP contribution in [0.15, 0.2) is 66.7 Å². The van der Waals surface area contributed by atoms with Gasteiger partial charge in [0.25, 0.3) is 0 Å². The molecular weight excluding hydrogens is 303 g/mol. The van der Waals surface area contributed by atoms with Crippen LogP contribution in [0, 0.1) is 0 Å². The van der Waals surface area contributed by atoms with Gasteiger partial charge >= 0.3 is 6.92 Å². The van der Waals surface area contributed by atoms with Crippen LogP contribution in [-0.2, 0) is 11.1 Å². The average Bonchev–Trinajstić information content (AvgIpc) is 2.66. The highest BCUT2D eigenvalue weighted by Gasteiger charge is 2.42. The summed E-state index contributed by atoms with van der Waals surface area (Å²) in [5.41, 5.74) is 2.55. The summed E-state index contributed by atoms with van der Waals surface area (Å²) >= 11 is 0. The number of hydrogen-bond acceptors (Lipinski definition) is 1. The number of allylic oxidation sites excluding steroid dienone is 1. The summed E-state index contributed by atoms with van der Waals surface area (Å²) in [6.07, 6.45) is 11.4. The van der Waals surface area contributed by atoms with Gasteiger partial charge in [0.15, 0.2) is 0 Å². The second kappa shape index (κ2) is 7.95. The first-order valence-corrected chi connectivity index (χ1v) is 9.86. The summed E-state index contributed by atoms with van der Waals surface area (Å²) in [6, 6.07) is 21.3. The second-order valence-electron chi connectivity index (χ2n) is 7.59. The van der Waals surface area contributed by atoms with Gasteiger partial charge in [-0.05, 0) is 29.7 Å². The van der Waals surface area contributed by atoms with Gasteiger partial charge in [-0.2, -0.15) is 0 Å². The van der Waals surface area contributed by atoms with Crippen molar-refractivity contribution in [2.24, 2.45) is 0 Å². The van der Waals surface area contributed by atoms with E-state index in [1.165, 1.54) is 49.7 Å². The Balaban J connectivity index is 1.57. The molecule has 2 aromatic rings. The van der Waals surface area contributed by atoms with Crippen molar-refractivity contribution in [1.29, 1.82) is 0 Å². The molecule has 2 fully saturated rings. The van der Waals surface area contributed by atoms with Gasteiger partial charge in [0.2, 0.25) is 0 Å². The van der Waals surface area contributed by atoms with Crippen molar-refractivity contribution in [3.05, 3.63) is 77.9 Å². The first-order valence-electron chi connectivity index (χ1n) is 9.86. The molecule has 2 heterocycles. The van der Waals surface area contributed by atoms with E-state index in [4.69, 9.17) is 4.65 Å². The van der Waals surface area contributed by atoms with Crippen molar-refractivity contribution in [2.45, 2.75) is 56.6 Å². The smallest absolute Gasteiger partial charge is 0.364 e. The second-order valence-corrected chi connectivity index (χ2v) is 7.59. The summed E-state index contributed by atoms with van der Waals surface area (Å²) in [5, 5.41) is 0. The largest absolute Gasteiger partial charge is 0.560 e. The molecule has 0 amide bonds. The Morgan fingerprint density at radius 1 is 0.840 bits per heavy atom. The van der Waals surface area contributed by atoms with Crippen LogP contribution in [0.2, 0.25) is 11.6 Å². The Kier molecular flexibility index (Phi) is 5.25. The summed E-state index contributed by atoms with van der Waals surface area (Å²) in [6.45, 7) is 0.421. The van der Waals surface area contributed by atoms with Crippen molar-refractivity contribution in [1.82, 2.24) is 0 Å². The van der Waals surface area contributed by atoms with Crippen LogP contribution < -0.4 is 0 Å². The quantitative estimate of drug-likeness (QED) is 0.456. The predicted octanol–water partition coefficient (Wildman–Crippen LogP) is 6.39. The van der Waals surface area contributed by atoms with Crippen LogP contribution in [0.25, 0.3) is 5.76 Å². The predicted molar refractivity (Wildman–Crippen MR) is 107 cm³/mol. The minimum Gasteiger partial charge on any atom is -0.560 e. The van der Waals surface area contributed by atoms with Crippen molar-refractivity contribution in [2.75, 3.05) is 0 Å². The molecule has 0 N–H and O–H groups in total. The van der Waals surface area contributed by atoms with Crippen molar-refractivity contribution in [3.8, 4) is 0 Å². The van der Waals surface area contributed by atoms with Crippen LogP contribution in [0.3, 0.4) is 0 Å². The van der Waals surface area contributed by atoms with E-state index in [1.54, 1.807) is 0 Å². The van der Waals surface area contributed by atoms with E-state index >= 15 is 0 Å². The van der Waals surface area contributed by atoms with E-state index in [0.29, 0.717) is 6.92 Å². The van der Waals surface area contributed by atoms with Gasteiger partial charge in [0, 0.05) is 5.56 Å². The summed E-state index contributed by atoms with van der Waals surface area (Å²) in [4.78, 5) is 0. The molecule has 2 bridgehead atoms. The Morgan fingerprint density at radius 2 is 1.40 bits per heavy atom. The molecule has 0 aromatic heterocycles. The van der Waals surface area contributed by atoms with Gasteiger partial charge in [0.1, 0.15) is 5.76 Å². The SMILES string of the molecule is C(/Cc1ccccc1)=C(\OB1C2CCCC1CCC2)c1ccccc1. The Bertz CT molecular complexity index is 673. The number of benzene rings is 2. The molecule has 0 atom stereocenters. The highest BCUT2D eigenvalue weighted by atomic mass is 16.4. The highest BCUT2D eigenvalue weighted by Crippen LogP contribution is 2.47. The van der Waals surface area contributed by atoms with E-state index < -0.39 is 0 Å². The molecule has 2 saturated heterocycles. The van der Waals surface area contributed by atoms with E-state index in [0.717, 1.165) is 23.8 Å². The number of hydrogen-bond donors (Lipinski definition) is 0. The van der Waals surface area contributed by atoms with Gasteiger partial charge in [0.05, 0.1) is 0 Å². The van der Waals surface area contributed by atoms with Gasteiger partial charge < -0.3 is 4.65 Å². The third kappa shape index (κ3) is 4.00. The van der Waals surface area contributed by atoms with Gasteiger partial charge in [-0.25, -0.2) is 0 Å². The normalized spacial score (nSPS) is 23.4. The molecule has 2 aliphatic rings. The molecule has 4 rings (SSSR count). The molecule has 0 saturated carbocycles. The lowest BCUT2D eigenvalue weighted by atomic mass is 9.38. The lowest BCUT2D eigenvalue weighted by Crippen LogP contribution is -2.36. The summed E-state index contributed by atoms with van der Waals surface area (Å²) in [7, 11) is 0. The lowest BCUT2D eigenvalue weighted by Gasteiger charge is -2.39. The zero-order valence-corrected chi connectivity index (χ0v) is 14.9. The Labute approximate surface area is 152 Å². The van der Waals surface area contributed by atoms with Gasteiger partial charge in [-0.1, -0.05) is 99.2 Å². The molecule has 2 aromatic carbocycles. The maximum Gasteiger partial charge on any atom is 0.364 e. The molecule has 0 spiro atoms. The molecule has 128 valence electrons. The van der Waals surface area contributed by atoms with Crippen LogP contribution in [-0.4, -0.2) is 6.92 Å². The fraction of sp³-hybridized carbons (Fsp3) is 0.391. The third-order valence-electron chi connectivity index (χ3n) is 5.92. The van der Waals surface area contributed by atoms with E-state index in [9.17, 15) is 0 Å². The van der Waals surface area contributed by atoms with Gasteiger partial charge in [-0.3, -0.25) is 0 Å². The maximum absolute atomic E-state index is 6.73. The van der Waals surface area contributed by atoms with Crippen LogP contribution in [0.4, 0.5) is 0 Å². The highest BCUT2D eigenvalue weighted by molar-refractivity contribution is 6.57. The molecule has 2 aliphatic heterocycles. The van der Waals surface area contributed by atoms with Gasteiger partial charge in [-0.15, -0.1) is 0 Å². The first kappa shape index (κ1) is 16.5. The fourth-order valence-corrected chi connectivity index (χ4v) is 4.62.